The maximum atomic E-state index is 12.1. The first-order valence-corrected chi connectivity index (χ1v) is 7.98. The highest BCUT2D eigenvalue weighted by atomic mass is 16.5. The maximum absolute atomic E-state index is 12.1. The van der Waals surface area contributed by atoms with Crippen LogP contribution in [0.15, 0.2) is 52.9 Å². The fourth-order valence-electron chi connectivity index (χ4n) is 2.45. The Bertz CT molecular complexity index is 874. The molecular weight excluding hydrogens is 318 g/mol. The Balaban J connectivity index is 1.61. The largest absolute Gasteiger partial charge is 0.496 e. The third-order valence-corrected chi connectivity index (χ3v) is 3.67. The average molecular weight is 337 g/mol. The van der Waals surface area contributed by atoms with Crippen LogP contribution in [0.25, 0.3) is 11.5 Å². The Kier molecular flexibility index (Phi) is 5.09. The molecule has 0 spiro atoms. The monoisotopic (exact) mass is 337 g/mol. The number of nitrogens with one attached hydrogen (secondary N) is 1. The van der Waals surface area contributed by atoms with Gasteiger partial charge in [0.25, 0.3) is 5.89 Å². The van der Waals surface area contributed by atoms with Crippen LogP contribution in [0.4, 0.5) is 5.69 Å². The molecule has 1 amide bonds. The van der Waals surface area contributed by atoms with E-state index in [1.165, 1.54) is 0 Å². The van der Waals surface area contributed by atoms with Crippen molar-refractivity contribution >= 4 is 11.6 Å². The van der Waals surface area contributed by atoms with Gasteiger partial charge in [-0.3, -0.25) is 4.79 Å². The Hall–Kier alpha value is -3.15. The van der Waals surface area contributed by atoms with E-state index in [0.29, 0.717) is 24.0 Å². The molecule has 0 aliphatic rings. The minimum atomic E-state index is -0.0948. The minimum absolute atomic E-state index is 0.0948. The molecule has 0 fully saturated rings. The molecule has 0 bridgehead atoms. The van der Waals surface area contributed by atoms with E-state index in [-0.39, 0.29) is 12.3 Å². The summed E-state index contributed by atoms with van der Waals surface area (Å²) >= 11 is 0. The molecule has 3 aromatic rings. The molecule has 0 saturated heterocycles. The van der Waals surface area contributed by atoms with Gasteiger partial charge in [0.15, 0.2) is 0 Å². The summed E-state index contributed by atoms with van der Waals surface area (Å²) < 4.78 is 10.9. The molecule has 0 aliphatic heterocycles. The Labute approximate surface area is 145 Å². The highest BCUT2D eigenvalue weighted by molar-refractivity contribution is 5.90. The summed E-state index contributed by atoms with van der Waals surface area (Å²) in [7, 11) is 1.59. The van der Waals surface area contributed by atoms with Crippen molar-refractivity contribution in [3.8, 4) is 17.2 Å². The summed E-state index contributed by atoms with van der Waals surface area (Å²) in [5, 5.41) is 10.9. The van der Waals surface area contributed by atoms with Crippen molar-refractivity contribution < 1.29 is 13.9 Å². The number of aryl methyl sites for hydroxylation is 2. The van der Waals surface area contributed by atoms with Crippen molar-refractivity contribution in [1.82, 2.24) is 10.2 Å². The summed E-state index contributed by atoms with van der Waals surface area (Å²) in [6.45, 7) is 1.98. The van der Waals surface area contributed by atoms with Crippen molar-refractivity contribution in [2.75, 3.05) is 12.4 Å². The zero-order valence-corrected chi connectivity index (χ0v) is 14.2. The molecule has 0 aliphatic carbocycles. The molecule has 128 valence electrons. The van der Waals surface area contributed by atoms with Gasteiger partial charge in [-0.15, -0.1) is 10.2 Å². The number of methoxy groups -OCH3 is 1. The second-order valence-corrected chi connectivity index (χ2v) is 5.62. The fourth-order valence-corrected chi connectivity index (χ4v) is 2.45. The predicted molar refractivity (Wildman–Crippen MR) is 94.4 cm³/mol. The van der Waals surface area contributed by atoms with Gasteiger partial charge in [-0.25, -0.2) is 0 Å². The van der Waals surface area contributed by atoms with Gasteiger partial charge in [0.1, 0.15) is 5.75 Å². The first-order chi connectivity index (χ1) is 12.2. The summed E-state index contributed by atoms with van der Waals surface area (Å²) in [5.41, 5.74) is 2.61. The lowest BCUT2D eigenvalue weighted by Gasteiger charge is -2.05. The van der Waals surface area contributed by atoms with E-state index in [1.54, 1.807) is 7.11 Å². The summed E-state index contributed by atoms with van der Waals surface area (Å²) in [6.07, 6.45) is 0.640. The Morgan fingerprint density at radius 3 is 2.80 bits per heavy atom. The van der Waals surface area contributed by atoms with Crippen LogP contribution in [0, 0.1) is 6.92 Å². The van der Waals surface area contributed by atoms with Crippen LogP contribution < -0.4 is 10.1 Å². The maximum Gasteiger partial charge on any atom is 0.251 e. The number of anilines is 1. The van der Waals surface area contributed by atoms with E-state index in [2.05, 4.69) is 15.5 Å². The highest BCUT2D eigenvalue weighted by Gasteiger charge is 2.14. The van der Waals surface area contributed by atoms with Gasteiger partial charge in [-0.05, 0) is 36.8 Å². The Morgan fingerprint density at radius 2 is 2.00 bits per heavy atom. The number of benzene rings is 2. The van der Waals surface area contributed by atoms with Crippen LogP contribution in [0.2, 0.25) is 0 Å². The molecule has 6 nitrogen and oxygen atoms in total. The number of carbonyl (C=O) groups excluding carboxylic acids is 1. The zero-order valence-electron chi connectivity index (χ0n) is 14.2. The van der Waals surface area contributed by atoms with Crippen molar-refractivity contribution in [1.29, 1.82) is 0 Å². The van der Waals surface area contributed by atoms with Crippen LogP contribution in [-0.4, -0.2) is 23.2 Å². The smallest absolute Gasteiger partial charge is 0.251 e. The summed E-state index contributed by atoms with van der Waals surface area (Å²) in [5.74, 6) is 1.37. The van der Waals surface area contributed by atoms with Crippen LogP contribution in [-0.2, 0) is 11.2 Å². The lowest BCUT2D eigenvalue weighted by Crippen LogP contribution is -2.12. The topological polar surface area (TPSA) is 77.2 Å². The number of nitrogens with zero attached hydrogens (tertiary/aromatic N) is 2. The van der Waals surface area contributed by atoms with E-state index < -0.39 is 0 Å². The minimum Gasteiger partial charge on any atom is -0.496 e. The number of hydrogen-bond donors (Lipinski definition) is 1. The number of carbonyl (C=O) groups is 1. The van der Waals surface area contributed by atoms with E-state index in [4.69, 9.17) is 9.15 Å². The molecule has 1 aromatic heterocycles. The third kappa shape index (κ3) is 4.23. The molecule has 2 aromatic carbocycles. The number of para-hydroxylation sites is 1. The van der Waals surface area contributed by atoms with Gasteiger partial charge < -0.3 is 14.5 Å². The molecule has 1 heterocycles. The van der Waals surface area contributed by atoms with E-state index in [0.717, 1.165) is 16.8 Å². The first-order valence-electron chi connectivity index (χ1n) is 7.98. The van der Waals surface area contributed by atoms with E-state index in [9.17, 15) is 4.79 Å². The first kappa shape index (κ1) is 16.7. The molecule has 0 saturated carbocycles. The van der Waals surface area contributed by atoms with Gasteiger partial charge >= 0.3 is 0 Å². The third-order valence-electron chi connectivity index (χ3n) is 3.67. The number of aromatic nitrogens is 2. The van der Waals surface area contributed by atoms with E-state index >= 15 is 0 Å². The standard InChI is InChI=1S/C19H19N3O3/c1-13-6-5-7-14(12-13)20-17(23)10-11-18-21-22-19(25-18)15-8-3-4-9-16(15)24-2/h3-9,12H,10-11H2,1-2H3,(H,20,23). The SMILES string of the molecule is COc1ccccc1-c1nnc(CCC(=O)Nc2cccc(C)c2)o1. The lowest BCUT2D eigenvalue weighted by molar-refractivity contribution is -0.116. The number of ether oxygens (including phenoxy) is 1. The van der Waals surface area contributed by atoms with Gasteiger partial charge in [0.05, 0.1) is 12.7 Å². The van der Waals surface area contributed by atoms with E-state index in [1.807, 2.05) is 55.5 Å². The molecule has 25 heavy (non-hydrogen) atoms. The molecule has 0 radical (unpaired) electrons. The normalized spacial score (nSPS) is 10.5. The summed E-state index contributed by atoms with van der Waals surface area (Å²) in [6, 6.07) is 15.1. The fraction of sp³-hybridized carbons (Fsp3) is 0.211. The van der Waals surface area contributed by atoms with Crippen molar-refractivity contribution in [2.45, 2.75) is 19.8 Å². The van der Waals surface area contributed by atoms with Crippen LogP contribution in [0.3, 0.4) is 0 Å². The number of amides is 1. The van der Waals surface area contributed by atoms with Gasteiger partial charge in [-0.2, -0.15) is 0 Å². The molecule has 1 N–H and O–H groups in total. The van der Waals surface area contributed by atoms with Crippen LogP contribution >= 0.6 is 0 Å². The van der Waals surface area contributed by atoms with Crippen LogP contribution in [0.5, 0.6) is 5.75 Å². The molecule has 0 unspecified atom stereocenters. The second kappa shape index (κ2) is 7.61. The average Bonchev–Trinajstić information content (AvgIpc) is 3.09. The van der Waals surface area contributed by atoms with Crippen molar-refractivity contribution in [3.05, 3.63) is 60.0 Å². The lowest BCUT2D eigenvalue weighted by atomic mass is 10.2. The molecule has 6 heteroatoms. The molecule has 3 rings (SSSR count). The second-order valence-electron chi connectivity index (χ2n) is 5.62. The quantitative estimate of drug-likeness (QED) is 0.743. The Morgan fingerprint density at radius 1 is 1.16 bits per heavy atom. The highest BCUT2D eigenvalue weighted by Crippen LogP contribution is 2.28. The van der Waals surface area contributed by atoms with Crippen LogP contribution in [0.1, 0.15) is 17.9 Å². The van der Waals surface area contributed by atoms with Crippen molar-refractivity contribution in [2.24, 2.45) is 0 Å². The number of hydrogen-bond acceptors (Lipinski definition) is 5. The molecular formula is C19H19N3O3. The summed E-state index contributed by atoms with van der Waals surface area (Å²) in [4.78, 5) is 12.1. The number of rotatable bonds is 6. The predicted octanol–water partition coefficient (Wildman–Crippen LogP) is 3.62. The molecule has 0 atom stereocenters. The van der Waals surface area contributed by atoms with Gasteiger partial charge in [0, 0.05) is 18.5 Å². The van der Waals surface area contributed by atoms with Crippen molar-refractivity contribution in [3.63, 3.8) is 0 Å². The zero-order chi connectivity index (χ0) is 17.6. The van der Waals surface area contributed by atoms with Gasteiger partial charge in [0.2, 0.25) is 11.8 Å². The van der Waals surface area contributed by atoms with Gasteiger partial charge in [-0.1, -0.05) is 24.3 Å².